The van der Waals surface area contributed by atoms with Crippen molar-refractivity contribution in [2.24, 2.45) is 0 Å². The van der Waals surface area contributed by atoms with E-state index in [-0.39, 0.29) is 23.9 Å². The van der Waals surface area contributed by atoms with Gasteiger partial charge in [-0.05, 0) is 37.1 Å². The van der Waals surface area contributed by atoms with Crippen LogP contribution >= 0.6 is 11.8 Å². The van der Waals surface area contributed by atoms with Gasteiger partial charge in [-0.25, -0.2) is 9.67 Å². The van der Waals surface area contributed by atoms with E-state index in [1.54, 1.807) is 15.4 Å². The van der Waals surface area contributed by atoms with Crippen molar-refractivity contribution < 1.29 is 9.53 Å². The zero-order chi connectivity index (χ0) is 22.9. The second-order valence-electron chi connectivity index (χ2n) is 8.60. The number of hydrogen-bond donors (Lipinski definition) is 1. The lowest BCUT2D eigenvalue weighted by atomic mass is 10.1. The molecule has 9 nitrogen and oxygen atoms in total. The van der Waals surface area contributed by atoms with Gasteiger partial charge < -0.3 is 10.1 Å². The second-order valence-corrected chi connectivity index (χ2v) is 9.59. The zero-order valence-electron chi connectivity index (χ0n) is 18.9. The average Bonchev–Trinajstić information content (AvgIpc) is 3.41. The summed E-state index contributed by atoms with van der Waals surface area (Å²) in [6, 6.07) is 5.87. The van der Waals surface area contributed by atoms with Gasteiger partial charge in [0, 0.05) is 38.4 Å². The summed E-state index contributed by atoms with van der Waals surface area (Å²) >= 11 is 1.52. The Bertz CT molecular complexity index is 1250. The topological polar surface area (TPSA) is 94.3 Å². The van der Waals surface area contributed by atoms with Crippen LogP contribution in [0.2, 0.25) is 0 Å². The highest BCUT2D eigenvalue weighted by Crippen LogP contribution is 2.33. The van der Waals surface area contributed by atoms with Crippen LogP contribution in [-0.4, -0.2) is 75.3 Å². The van der Waals surface area contributed by atoms with Crippen molar-refractivity contribution in [2.75, 3.05) is 45.1 Å². The number of nitrogens with one attached hydrogen (secondary N) is 1. The average molecular weight is 469 g/mol. The molecule has 1 N–H and O–H groups in total. The second kappa shape index (κ2) is 9.28. The Morgan fingerprint density at radius 2 is 2.06 bits per heavy atom. The Morgan fingerprint density at radius 1 is 1.24 bits per heavy atom. The molecule has 174 valence electrons. The highest BCUT2D eigenvalue weighted by Gasteiger charge is 2.29. The van der Waals surface area contributed by atoms with E-state index in [1.807, 2.05) is 18.2 Å². The van der Waals surface area contributed by atoms with Crippen molar-refractivity contribution in [2.45, 2.75) is 31.5 Å². The molecule has 1 saturated heterocycles. The van der Waals surface area contributed by atoms with Crippen molar-refractivity contribution in [1.29, 1.82) is 0 Å². The predicted octanol–water partition coefficient (Wildman–Crippen LogP) is 1.68. The smallest absolute Gasteiger partial charge is 0.265 e. The minimum Gasteiger partial charge on any atom is -0.379 e. The molecule has 0 saturated carbocycles. The molecular weight excluding hydrogens is 440 g/mol. The lowest BCUT2D eigenvalue weighted by Gasteiger charge is -2.26. The number of rotatable bonds is 6. The first-order chi connectivity index (χ1) is 16.0. The lowest BCUT2D eigenvalue weighted by molar-refractivity contribution is -0.121. The summed E-state index contributed by atoms with van der Waals surface area (Å²) in [7, 11) is 0. The molecule has 10 heteroatoms. The number of carbonyl (C=O) groups is 1. The van der Waals surface area contributed by atoms with E-state index in [9.17, 15) is 9.59 Å². The molecule has 0 bridgehead atoms. The highest BCUT2D eigenvalue weighted by atomic mass is 32.2. The fourth-order valence-electron chi connectivity index (χ4n) is 4.29. The Morgan fingerprint density at radius 3 is 2.85 bits per heavy atom. The number of amides is 1. The van der Waals surface area contributed by atoms with Gasteiger partial charge in [0.25, 0.3) is 5.56 Å². The molecule has 0 spiro atoms. The minimum atomic E-state index is -0.206. The zero-order valence-corrected chi connectivity index (χ0v) is 19.7. The third-order valence-corrected chi connectivity index (χ3v) is 7.48. The van der Waals surface area contributed by atoms with Crippen molar-refractivity contribution in [3.8, 4) is 5.69 Å². The number of aromatic nitrogens is 4. The highest BCUT2D eigenvalue weighted by molar-refractivity contribution is 7.99. The summed E-state index contributed by atoms with van der Waals surface area (Å²) in [5, 5.41) is 8.56. The van der Waals surface area contributed by atoms with Gasteiger partial charge >= 0.3 is 0 Å². The molecule has 33 heavy (non-hydrogen) atoms. The summed E-state index contributed by atoms with van der Waals surface area (Å²) in [6.45, 7) is 8.81. The molecule has 0 radical (unpaired) electrons. The standard InChI is InChI=1S/C23H28N6O3S/c1-15-3-4-17(11-16(15)2)29-21-19(13-25-29)22(31)28-18(14-33-23(28)26-21)12-20(30)24-5-6-27-7-9-32-10-8-27/h3-4,11,13,18H,5-10,12,14H2,1-2H3,(H,24,30). The van der Waals surface area contributed by atoms with Gasteiger partial charge in [-0.1, -0.05) is 17.8 Å². The molecule has 1 amide bonds. The molecule has 5 rings (SSSR count). The minimum absolute atomic E-state index is 0.0421. The quantitative estimate of drug-likeness (QED) is 0.550. The first kappa shape index (κ1) is 22.1. The maximum absolute atomic E-state index is 13.3. The van der Waals surface area contributed by atoms with Gasteiger partial charge in [0.2, 0.25) is 5.91 Å². The van der Waals surface area contributed by atoms with Gasteiger partial charge in [0.15, 0.2) is 10.8 Å². The van der Waals surface area contributed by atoms with E-state index >= 15 is 0 Å². The van der Waals surface area contributed by atoms with Crippen LogP contribution < -0.4 is 10.9 Å². The third-order valence-electron chi connectivity index (χ3n) is 6.38. The maximum Gasteiger partial charge on any atom is 0.265 e. The largest absolute Gasteiger partial charge is 0.379 e. The fourth-order valence-corrected chi connectivity index (χ4v) is 5.42. The Labute approximate surface area is 196 Å². The molecule has 0 aliphatic carbocycles. The summed E-state index contributed by atoms with van der Waals surface area (Å²) in [4.78, 5) is 32.9. The molecule has 1 unspecified atom stereocenters. The lowest BCUT2D eigenvalue weighted by Crippen LogP contribution is -2.41. The number of carbonyl (C=O) groups excluding carboxylic acids is 1. The molecule has 1 fully saturated rings. The van der Waals surface area contributed by atoms with Gasteiger partial charge in [-0.2, -0.15) is 5.10 Å². The molecule has 2 aromatic heterocycles. The van der Waals surface area contributed by atoms with Crippen molar-refractivity contribution in [1.82, 2.24) is 29.5 Å². The molecule has 4 heterocycles. The maximum atomic E-state index is 13.3. The monoisotopic (exact) mass is 468 g/mol. The van der Waals surface area contributed by atoms with Gasteiger partial charge in [0.1, 0.15) is 5.39 Å². The van der Waals surface area contributed by atoms with Crippen LogP contribution in [0.1, 0.15) is 23.6 Å². The predicted molar refractivity (Wildman–Crippen MR) is 127 cm³/mol. The van der Waals surface area contributed by atoms with E-state index in [0.717, 1.165) is 44.1 Å². The number of hydrogen-bond acceptors (Lipinski definition) is 7. The number of fused-ring (bicyclic) bond motifs is 2. The fraction of sp³-hybridized carbons (Fsp3) is 0.478. The van der Waals surface area contributed by atoms with E-state index in [1.165, 1.54) is 17.3 Å². The molecule has 2 aliphatic heterocycles. The molecule has 3 aromatic rings. The Hall–Kier alpha value is -2.69. The van der Waals surface area contributed by atoms with Crippen LogP contribution in [0.4, 0.5) is 0 Å². The molecule has 1 aromatic carbocycles. The number of aryl methyl sites for hydroxylation is 2. The number of morpholine rings is 1. The van der Waals surface area contributed by atoms with E-state index in [2.05, 4.69) is 29.2 Å². The van der Waals surface area contributed by atoms with Crippen LogP contribution in [0.15, 0.2) is 34.3 Å². The summed E-state index contributed by atoms with van der Waals surface area (Å²) < 4.78 is 8.74. The van der Waals surface area contributed by atoms with Crippen LogP contribution in [0.3, 0.4) is 0 Å². The third kappa shape index (κ3) is 4.42. The number of benzene rings is 1. The van der Waals surface area contributed by atoms with Crippen LogP contribution in [0.25, 0.3) is 16.7 Å². The number of thioether (sulfide) groups is 1. The van der Waals surface area contributed by atoms with Crippen LogP contribution in [0, 0.1) is 13.8 Å². The first-order valence-electron chi connectivity index (χ1n) is 11.3. The number of nitrogens with zero attached hydrogens (tertiary/aromatic N) is 5. The van der Waals surface area contributed by atoms with Gasteiger partial charge in [-0.3, -0.25) is 19.1 Å². The van der Waals surface area contributed by atoms with Crippen LogP contribution in [0.5, 0.6) is 0 Å². The molecular formula is C23H28N6O3S. The summed E-state index contributed by atoms with van der Waals surface area (Å²) in [5.41, 5.74) is 3.65. The van der Waals surface area contributed by atoms with E-state index < -0.39 is 0 Å². The Kier molecular flexibility index (Phi) is 6.22. The number of ether oxygens (including phenoxy) is 1. The van der Waals surface area contributed by atoms with E-state index in [4.69, 9.17) is 9.72 Å². The normalized spacial score (nSPS) is 18.5. The van der Waals surface area contributed by atoms with Gasteiger partial charge in [0.05, 0.1) is 31.1 Å². The van der Waals surface area contributed by atoms with Gasteiger partial charge in [-0.15, -0.1) is 0 Å². The molecule has 1 atom stereocenters. The van der Waals surface area contributed by atoms with Crippen molar-refractivity contribution in [3.05, 3.63) is 45.9 Å². The van der Waals surface area contributed by atoms with Crippen molar-refractivity contribution in [3.63, 3.8) is 0 Å². The summed E-state index contributed by atoms with van der Waals surface area (Å²) in [5.74, 6) is 0.613. The first-order valence-corrected chi connectivity index (χ1v) is 12.3. The van der Waals surface area contributed by atoms with E-state index in [0.29, 0.717) is 28.5 Å². The van der Waals surface area contributed by atoms with Crippen LogP contribution in [-0.2, 0) is 9.53 Å². The summed E-state index contributed by atoms with van der Waals surface area (Å²) in [6.07, 6.45) is 1.84. The Balaban J connectivity index is 1.32. The SMILES string of the molecule is Cc1ccc(-n2ncc3c(=O)n4c(nc32)SCC4CC(=O)NCCN2CCOCC2)cc1C. The molecule has 2 aliphatic rings. The van der Waals surface area contributed by atoms with Crippen molar-refractivity contribution >= 4 is 28.7 Å².